The van der Waals surface area contributed by atoms with Gasteiger partial charge in [-0.15, -0.1) is 0 Å². The maximum absolute atomic E-state index is 11.9. The van der Waals surface area contributed by atoms with Crippen LogP contribution in [0, 0.1) is 0 Å². The highest BCUT2D eigenvalue weighted by atomic mass is 16.5. The molecular formula is C21H26N2O4. The molecule has 6 heteroatoms. The molecule has 0 radical (unpaired) electrons. The highest BCUT2D eigenvalue weighted by molar-refractivity contribution is 5.91. The lowest BCUT2D eigenvalue weighted by atomic mass is 10.2. The van der Waals surface area contributed by atoms with Crippen LogP contribution in [0.1, 0.15) is 25.3 Å². The number of amides is 1. The first kappa shape index (κ1) is 20.3. The quantitative estimate of drug-likeness (QED) is 0.516. The van der Waals surface area contributed by atoms with Gasteiger partial charge in [0.15, 0.2) is 11.5 Å². The Balaban J connectivity index is 1.75. The second-order valence-electron chi connectivity index (χ2n) is 5.91. The van der Waals surface area contributed by atoms with Gasteiger partial charge in [0.25, 0.3) is 0 Å². The zero-order valence-electron chi connectivity index (χ0n) is 15.8. The fraction of sp³-hybridized carbons (Fsp3) is 0.333. The monoisotopic (exact) mass is 370 g/mol. The molecule has 1 aromatic carbocycles. The molecule has 2 rings (SSSR count). The van der Waals surface area contributed by atoms with Gasteiger partial charge in [-0.1, -0.05) is 12.1 Å². The molecule has 0 aliphatic rings. The molecule has 0 unspecified atom stereocenters. The molecule has 6 nitrogen and oxygen atoms in total. The molecule has 0 aliphatic carbocycles. The third-order valence-electron chi connectivity index (χ3n) is 3.94. The van der Waals surface area contributed by atoms with Crippen molar-refractivity contribution in [1.82, 2.24) is 9.88 Å². The van der Waals surface area contributed by atoms with Crippen LogP contribution in [-0.2, 0) is 11.3 Å². The number of benzene rings is 1. The number of methoxy groups -OCH3 is 1. The van der Waals surface area contributed by atoms with E-state index in [4.69, 9.17) is 9.47 Å². The van der Waals surface area contributed by atoms with Crippen molar-refractivity contribution in [2.75, 3.05) is 20.3 Å². The number of ether oxygens (including phenoxy) is 2. The van der Waals surface area contributed by atoms with Crippen molar-refractivity contribution >= 4 is 12.0 Å². The maximum atomic E-state index is 11.9. The van der Waals surface area contributed by atoms with E-state index in [2.05, 4.69) is 5.32 Å². The molecule has 1 heterocycles. The molecule has 0 saturated heterocycles. The van der Waals surface area contributed by atoms with Gasteiger partial charge in [-0.05, 0) is 49.6 Å². The Morgan fingerprint density at radius 2 is 2.04 bits per heavy atom. The van der Waals surface area contributed by atoms with Crippen LogP contribution in [-0.4, -0.2) is 30.7 Å². The highest BCUT2D eigenvalue weighted by Gasteiger charge is 2.04. The van der Waals surface area contributed by atoms with E-state index in [1.807, 2.05) is 31.2 Å². The van der Waals surface area contributed by atoms with Crippen molar-refractivity contribution in [2.24, 2.45) is 0 Å². The van der Waals surface area contributed by atoms with Crippen molar-refractivity contribution in [1.29, 1.82) is 0 Å². The summed E-state index contributed by atoms with van der Waals surface area (Å²) in [5.41, 5.74) is 0.851. The molecule has 2 aromatic rings. The van der Waals surface area contributed by atoms with Gasteiger partial charge >= 0.3 is 0 Å². The zero-order chi connectivity index (χ0) is 19.5. The van der Waals surface area contributed by atoms with E-state index >= 15 is 0 Å². The van der Waals surface area contributed by atoms with Crippen molar-refractivity contribution in [2.45, 2.75) is 26.3 Å². The van der Waals surface area contributed by atoms with Crippen LogP contribution in [0.15, 0.2) is 53.5 Å². The summed E-state index contributed by atoms with van der Waals surface area (Å²) in [4.78, 5) is 23.5. The number of nitrogens with zero attached hydrogens (tertiary/aromatic N) is 1. The lowest BCUT2D eigenvalue weighted by Gasteiger charge is -2.09. The summed E-state index contributed by atoms with van der Waals surface area (Å²) in [5, 5.41) is 2.85. The van der Waals surface area contributed by atoms with Gasteiger partial charge in [0.05, 0.1) is 13.7 Å². The third-order valence-corrected chi connectivity index (χ3v) is 3.94. The van der Waals surface area contributed by atoms with Crippen LogP contribution in [0.5, 0.6) is 11.5 Å². The Bertz CT molecular complexity index is 827. The van der Waals surface area contributed by atoms with Crippen molar-refractivity contribution in [3.8, 4) is 11.5 Å². The summed E-state index contributed by atoms with van der Waals surface area (Å²) in [6.07, 6.45) is 6.63. The Hall–Kier alpha value is -3.02. The van der Waals surface area contributed by atoms with Crippen LogP contribution in [0.4, 0.5) is 0 Å². The molecule has 0 atom stereocenters. The minimum absolute atomic E-state index is 0.00440. The van der Waals surface area contributed by atoms with Gasteiger partial charge in [0, 0.05) is 31.4 Å². The summed E-state index contributed by atoms with van der Waals surface area (Å²) in [6.45, 7) is 3.69. The summed E-state index contributed by atoms with van der Waals surface area (Å²) in [6, 6.07) is 10.6. The van der Waals surface area contributed by atoms with E-state index in [0.29, 0.717) is 31.2 Å². The lowest BCUT2D eigenvalue weighted by Crippen LogP contribution is -2.23. The standard InChI is InChI=1S/C21H26N2O4/c1-3-27-18-11-9-17(16-19(18)26-2)10-12-20(24)22-13-5-7-15-23-14-6-4-8-21(23)25/h4,6,8-12,14,16H,3,5,7,13,15H2,1-2H3,(H,22,24). The smallest absolute Gasteiger partial charge is 0.250 e. The van der Waals surface area contributed by atoms with Gasteiger partial charge in [-0.3, -0.25) is 9.59 Å². The molecule has 0 spiro atoms. The van der Waals surface area contributed by atoms with Crippen LogP contribution in [0.2, 0.25) is 0 Å². The summed E-state index contributed by atoms with van der Waals surface area (Å²) >= 11 is 0. The maximum Gasteiger partial charge on any atom is 0.250 e. The third kappa shape index (κ3) is 6.66. The summed E-state index contributed by atoms with van der Waals surface area (Å²) in [5.74, 6) is 1.16. The number of aryl methyl sites for hydroxylation is 1. The molecule has 1 aromatic heterocycles. The lowest BCUT2D eigenvalue weighted by molar-refractivity contribution is -0.116. The van der Waals surface area contributed by atoms with E-state index < -0.39 is 0 Å². The van der Waals surface area contributed by atoms with Gasteiger partial charge in [-0.2, -0.15) is 0 Å². The number of nitrogens with one attached hydrogen (secondary N) is 1. The topological polar surface area (TPSA) is 69.6 Å². The van der Waals surface area contributed by atoms with Gasteiger partial charge in [0.1, 0.15) is 0 Å². The van der Waals surface area contributed by atoms with E-state index in [9.17, 15) is 9.59 Å². The molecular weight excluding hydrogens is 344 g/mol. The minimum Gasteiger partial charge on any atom is -0.493 e. The first-order chi connectivity index (χ1) is 13.1. The van der Waals surface area contributed by atoms with Crippen molar-refractivity contribution < 1.29 is 14.3 Å². The van der Waals surface area contributed by atoms with Crippen molar-refractivity contribution in [3.05, 3.63) is 64.6 Å². The number of hydrogen-bond donors (Lipinski definition) is 1. The van der Waals surface area contributed by atoms with Gasteiger partial charge < -0.3 is 19.4 Å². The number of aromatic nitrogens is 1. The molecule has 27 heavy (non-hydrogen) atoms. The number of pyridine rings is 1. The molecule has 1 N–H and O–H groups in total. The van der Waals surface area contributed by atoms with Crippen LogP contribution in [0.3, 0.4) is 0 Å². The van der Waals surface area contributed by atoms with E-state index in [-0.39, 0.29) is 11.5 Å². The Labute approximate surface area is 159 Å². The zero-order valence-corrected chi connectivity index (χ0v) is 15.8. The molecule has 1 amide bonds. The second kappa shape index (κ2) is 10.9. The Kier molecular flexibility index (Phi) is 8.16. The average molecular weight is 370 g/mol. The second-order valence-corrected chi connectivity index (χ2v) is 5.91. The minimum atomic E-state index is -0.153. The van der Waals surface area contributed by atoms with E-state index in [0.717, 1.165) is 18.4 Å². The summed E-state index contributed by atoms with van der Waals surface area (Å²) in [7, 11) is 1.58. The van der Waals surface area contributed by atoms with Crippen LogP contribution >= 0.6 is 0 Å². The number of carbonyl (C=O) groups is 1. The molecule has 0 fully saturated rings. The van der Waals surface area contributed by atoms with E-state index in [1.54, 1.807) is 36.1 Å². The molecule has 144 valence electrons. The average Bonchev–Trinajstić information content (AvgIpc) is 2.68. The molecule has 0 saturated carbocycles. The van der Waals surface area contributed by atoms with E-state index in [1.165, 1.54) is 6.08 Å². The first-order valence-electron chi connectivity index (χ1n) is 9.06. The number of unbranched alkanes of at least 4 members (excludes halogenated alkanes) is 1. The fourth-order valence-electron chi connectivity index (χ4n) is 2.56. The van der Waals surface area contributed by atoms with Gasteiger partial charge in [-0.25, -0.2) is 0 Å². The van der Waals surface area contributed by atoms with Gasteiger partial charge in [0.2, 0.25) is 11.5 Å². The normalized spacial score (nSPS) is 10.7. The predicted octanol–water partition coefficient (Wildman–Crippen LogP) is 2.87. The fourth-order valence-corrected chi connectivity index (χ4v) is 2.56. The number of rotatable bonds is 10. The Morgan fingerprint density at radius 1 is 1.19 bits per heavy atom. The molecule has 0 bridgehead atoms. The highest BCUT2D eigenvalue weighted by Crippen LogP contribution is 2.28. The van der Waals surface area contributed by atoms with Crippen LogP contribution < -0.4 is 20.3 Å². The number of hydrogen-bond acceptors (Lipinski definition) is 4. The largest absolute Gasteiger partial charge is 0.493 e. The van der Waals surface area contributed by atoms with Crippen LogP contribution in [0.25, 0.3) is 6.08 Å². The predicted molar refractivity (Wildman–Crippen MR) is 106 cm³/mol. The van der Waals surface area contributed by atoms with Crippen molar-refractivity contribution in [3.63, 3.8) is 0 Å². The Morgan fingerprint density at radius 3 is 2.78 bits per heavy atom. The first-order valence-corrected chi connectivity index (χ1v) is 9.06. The SMILES string of the molecule is CCOc1ccc(C=CC(=O)NCCCCn2ccccc2=O)cc1OC. The molecule has 0 aliphatic heterocycles. The number of carbonyl (C=O) groups excluding carboxylic acids is 1. The summed E-state index contributed by atoms with van der Waals surface area (Å²) < 4.78 is 12.4.